The van der Waals surface area contributed by atoms with Crippen molar-refractivity contribution in [2.45, 2.75) is 20.8 Å². The largest absolute Gasteiger partial charge is 0.490 e. The van der Waals surface area contributed by atoms with Gasteiger partial charge in [-0.1, -0.05) is 12.1 Å². The maximum absolute atomic E-state index is 8.94. The summed E-state index contributed by atoms with van der Waals surface area (Å²) in [5, 5.41) is 8.94. The highest BCUT2D eigenvalue weighted by molar-refractivity contribution is 5.46. The van der Waals surface area contributed by atoms with Crippen LogP contribution in [0.5, 0.6) is 17.2 Å². The van der Waals surface area contributed by atoms with Gasteiger partial charge in [-0.25, -0.2) is 0 Å². The van der Waals surface area contributed by atoms with E-state index in [-0.39, 0.29) is 0 Å². The van der Waals surface area contributed by atoms with E-state index < -0.39 is 0 Å². The van der Waals surface area contributed by atoms with Gasteiger partial charge in [0.25, 0.3) is 0 Å². The fourth-order valence-electron chi connectivity index (χ4n) is 2.15. The lowest BCUT2D eigenvalue weighted by molar-refractivity contribution is 0.207. The molecule has 0 unspecified atom stereocenters. The van der Waals surface area contributed by atoms with Crippen LogP contribution in [0.3, 0.4) is 0 Å². The zero-order chi connectivity index (χ0) is 16.7. The van der Waals surface area contributed by atoms with E-state index in [1.54, 1.807) is 18.2 Å². The molecule has 0 saturated heterocycles. The lowest BCUT2D eigenvalue weighted by Gasteiger charge is -2.14. The van der Waals surface area contributed by atoms with Crippen LogP contribution in [0.15, 0.2) is 36.4 Å². The summed E-state index contributed by atoms with van der Waals surface area (Å²) in [6.45, 7) is 7.36. The molecule has 4 nitrogen and oxygen atoms in total. The number of ether oxygens (including phenoxy) is 3. The predicted octanol–water partition coefficient (Wildman–Crippen LogP) is 4.03. The van der Waals surface area contributed by atoms with Gasteiger partial charge in [-0.05, 0) is 50.1 Å². The SMILES string of the molecule is CCOc1cc(C#N)ccc1OCCOc1cccc(C)c1C. The Balaban J connectivity index is 1.93. The van der Waals surface area contributed by atoms with Crippen LogP contribution in [0.25, 0.3) is 0 Å². The summed E-state index contributed by atoms with van der Waals surface area (Å²) in [7, 11) is 0. The van der Waals surface area contributed by atoms with Crippen molar-refractivity contribution in [1.29, 1.82) is 5.26 Å². The normalized spacial score (nSPS) is 10.0. The summed E-state index contributed by atoms with van der Waals surface area (Å²) in [6.07, 6.45) is 0. The third kappa shape index (κ3) is 4.40. The van der Waals surface area contributed by atoms with E-state index in [2.05, 4.69) is 19.1 Å². The fourth-order valence-corrected chi connectivity index (χ4v) is 2.15. The molecule has 2 aromatic carbocycles. The van der Waals surface area contributed by atoms with Crippen molar-refractivity contribution in [2.75, 3.05) is 19.8 Å². The first-order chi connectivity index (χ1) is 11.2. The lowest BCUT2D eigenvalue weighted by Crippen LogP contribution is -2.10. The Labute approximate surface area is 137 Å². The minimum atomic E-state index is 0.402. The average molecular weight is 311 g/mol. The van der Waals surface area contributed by atoms with Gasteiger partial charge in [0.05, 0.1) is 18.2 Å². The molecule has 0 amide bonds. The number of aryl methyl sites for hydroxylation is 1. The minimum absolute atomic E-state index is 0.402. The van der Waals surface area contributed by atoms with Gasteiger partial charge in [-0.15, -0.1) is 0 Å². The van der Waals surface area contributed by atoms with Crippen molar-refractivity contribution >= 4 is 0 Å². The Hall–Kier alpha value is -2.67. The van der Waals surface area contributed by atoms with Crippen molar-refractivity contribution in [3.63, 3.8) is 0 Å². The number of hydrogen-bond donors (Lipinski definition) is 0. The number of nitriles is 1. The second-order valence-corrected chi connectivity index (χ2v) is 5.10. The van der Waals surface area contributed by atoms with Gasteiger partial charge in [0, 0.05) is 6.07 Å². The van der Waals surface area contributed by atoms with E-state index in [1.165, 1.54) is 5.56 Å². The highest BCUT2D eigenvalue weighted by Gasteiger charge is 2.07. The molecule has 4 heteroatoms. The zero-order valence-corrected chi connectivity index (χ0v) is 13.8. The standard InChI is InChI=1S/C19H21NO3/c1-4-21-19-12-16(13-20)8-9-18(19)23-11-10-22-17-7-5-6-14(2)15(17)3/h5-9,12H,4,10-11H2,1-3H3. The number of benzene rings is 2. The quantitative estimate of drug-likeness (QED) is 0.724. The first kappa shape index (κ1) is 16.7. The average Bonchev–Trinajstić information content (AvgIpc) is 2.56. The van der Waals surface area contributed by atoms with Crippen molar-refractivity contribution < 1.29 is 14.2 Å². The molecule has 0 aliphatic carbocycles. The van der Waals surface area contributed by atoms with E-state index in [0.717, 1.165) is 11.3 Å². The summed E-state index contributed by atoms with van der Waals surface area (Å²) >= 11 is 0. The van der Waals surface area contributed by atoms with Crippen molar-refractivity contribution in [3.8, 4) is 23.3 Å². The Kier molecular flexibility index (Phi) is 5.87. The van der Waals surface area contributed by atoms with E-state index in [4.69, 9.17) is 19.5 Å². The first-order valence-corrected chi connectivity index (χ1v) is 7.64. The van der Waals surface area contributed by atoms with Crippen molar-refractivity contribution in [1.82, 2.24) is 0 Å². The van der Waals surface area contributed by atoms with E-state index in [0.29, 0.717) is 36.9 Å². The third-order valence-corrected chi connectivity index (χ3v) is 3.53. The van der Waals surface area contributed by atoms with Crippen LogP contribution in [0.2, 0.25) is 0 Å². The third-order valence-electron chi connectivity index (χ3n) is 3.53. The zero-order valence-electron chi connectivity index (χ0n) is 13.8. The smallest absolute Gasteiger partial charge is 0.162 e. The highest BCUT2D eigenvalue weighted by atomic mass is 16.5. The van der Waals surface area contributed by atoms with Gasteiger partial charge in [-0.2, -0.15) is 5.26 Å². The summed E-state index contributed by atoms with van der Waals surface area (Å²) < 4.78 is 17.0. The van der Waals surface area contributed by atoms with Crippen LogP contribution in [-0.2, 0) is 0 Å². The van der Waals surface area contributed by atoms with Crippen LogP contribution >= 0.6 is 0 Å². The van der Waals surface area contributed by atoms with Crippen LogP contribution in [0.1, 0.15) is 23.6 Å². The van der Waals surface area contributed by atoms with Gasteiger partial charge >= 0.3 is 0 Å². The van der Waals surface area contributed by atoms with Gasteiger partial charge < -0.3 is 14.2 Å². The van der Waals surface area contributed by atoms with Gasteiger partial charge in [0.15, 0.2) is 11.5 Å². The molecule has 0 saturated carbocycles. The first-order valence-electron chi connectivity index (χ1n) is 7.64. The maximum atomic E-state index is 8.94. The Morgan fingerprint density at radius 3 is 2.35 bits per heavy atom. The monoisotopic (exact) mass is 311 g/mol. The van der Waals surface area contributed by atoms with Crippen LogP contribution in [0, 0.1) is 25.2 Å². The van der Waals surface area contributed by atoms with Crippen LogP contribution in [0.4, 0.5) is 0 Å². The molecule has 120 valence electrons. The topological polar surface area (TPSA) is 51.5 Å². The summed E-state index contributed by atoms with van der Waals surface area (Å²) in [4.78, 5) is 0. The van der Waals surface area contributed by atoms with Gasteiger partial charge in [0.2, 0.25) is 0 Å². The molecule has 0 bridgehead atoms. The Bertz CT molecular complexity index is 704. The predicted molar refractivity (Wildman–Crippen MR) is 89.2 cm³/mol. The molecule has 0 N–H and O–H groups in total. The number of nitrogens with zero attached hydrogens (tertiary/aromatic N) is 1. The molecule has 0 aromatic heterocycles. The Morgan fingerprint density at radius 2 is 1.65 bits per heavy atom. The number of hydrogen-bond acceptors (Lipinski definition) is 4. The lowest BCUT2D eigenvalue weighted by atomic mass is 10.1. The molecule has 0 radical (unpaired) electrons. The second-order valence-electron chi connectivity index (χ2n) is 5.10. The molecule has 0 atom stereocenters. The number of rotatable bonds is 7. The van der Waals surface area contributed by atoms with Crippen LogP contribution in [-0.4, -0.2) is 19.8 Å². The minimum Gasteiger partial charge on any atom is -0.490 e. The molecule has 2 rings (SSSR count). The molecule has 0 aliphatic rings. The molecule has 0 heterocycles. The molecular formula is C19H21NO3. The summed E-state index contributed by atoms with van der Waals surface area (Å²) in [6, 6.07) is 13.2. The van der Waals surface area contributed by atoms with Gasteiger partial charge in [0.1, 0.15) is 19.0 Å². The van der Waals surface area contributed by atoms with E-state index >= 15 is 0 Å². The molecular weight excluding hydrogens is 290 g/mol. The van der Waals surface area contributed by atoms with E-state index in [1.807, 2.05) is 26.0 Å². The van der Waals surface area contributed by atoms with Crippen molar-refractivity contribution in [3.05, 3.63) is 53.1 Å². The maximum Gasteiger partial charge on any atom is 0.162 e. The molecule has 0 aliphatic heterocycles. The summed E-state index contributed by atoms with van der Waals surface area (Å²) in [5.41, 5.74) is 2.89. The van der Waals surface area contributed by atoms with E-state index in [9.17, 15) is 0 Å². The summed E-state index contributed by atoms with van der Waals surface area (Å²) in [5.74, 6) is 2.08. The highest BCUT2D eigenvalue weighted by Crippen LogP contribution is 2.28. The molecule has 23 heavy (non-hydrogen) atoms. The van der Waals surface area contributed by atoms with Crippen LogP contribution < -0.4 is 14.2 Å². The molecule has 0 fully saturated rings. The Morgan fingerprint density at radius 1 is 0.913 bits per heavy atom. The second kappa shape index (κ2) is 8.09. The van der Waals surface area contributed by atoms with Crippen molar-refractivity contribution in [2.24, 2.45) is 0 Å². The molecule has 2 aromatic rings. The van der Waals surface area contributed by atoms with Gasteiger partial charge in [-0.3, -0.25) is 0 Å². The fraction of sp³-hybridized carbons (Fsp3) is 0.316. The molecule has 0 spiro atoms.